The first-order chi connectivity index (χ1) is 17.1. The number of rotatable bonds is 6. The van der Waals surface area contributed by atoms with E-state index in [-0.39, 0.29) is 35.0 Å². The third-order valence-corrected chi connectivity index (χ3v) is 12.9. The third kappa shape index (κ3) is 4.58. The maximum Gasteiger partial charge on any atom is 0.220 e. The van der Waals surface area contributed by atoms with Gasteiger partial charge in [0.2, 0.25) is 5.91 Å². The fourth-order valence-electron chi connectivity index (χ4n) is 9.75. The Balaban J connectivity index is 1.27. The van der Waals surface area contributed by atoms with Gasteiger partial charge in [0.1, 0.15) is 0 Å². The first-order valence-electron chi connectivity index (χ1n) is 14.5. The standard InChI is InChI=1S/C30H46ClNO3S/c1-5-23(25-8-9-26(31)36-25)32-27(35)14-17(2)20-6-7-21-28-22(11-13-30(20,21)4)29(3)12-10-19(33)15-18(29)16-24(28)34/h8-9,17-24,28,33-34H,5-7,10-16H2,1-4H3,(H,32,35)/t17-,18+,19-,20?,21+,22+,23-,24+,28+,29+,30-/m1/s1. The summed E-state index contributed by atoms with van der Waals surface area (Å²) in [5.41, 5.74) is 0.457. The zero-order valence-electron chi connectivity index (χ0n) is 22.5. The lowest BCUT2D eigenvalue weighted by Gasteiger charge is -2.62. The molecule has 0 saturated heterocycles. The zero-order valence-corrected chi connectivity index (χ0v) is 24.1. The molecule has 6 heteroatoms. The molecule has 0 spiro atoms. The topological polar surface area (TPSA) is 69.6 Å². The summed E-state index contributed by atoms with van der Waals surface area (Å²) in [4.78, 5) is 14.3. The highest BCUT2D eigenvalue weighted by Gasteiger charge is 2.62. The van der Waals surface area contributed by atoms with Gasteiger partial charge < -0.3 is 15.5 Å². The molecule has 5 rings (SSSR count). The molecule has 1 unspecified atom stereocenters. The van der Waals surface area contributed by atoms with Crippen molar-refractivity contribution < 1.29 is 15.0 Å². The molecular weight excluding hydrogens is 490 g/mol. The molecule has 4 nitrogen and oxygen atoms in total. The molecule has 1 aromatic rings. The Morgan fingerprint density at radius 2 is 1.83 bits per heavy atom. The largest absolute Gasteiger partial charge is 0.393 e. The van der Waals surface area contributed by atoms with E-state index in [0.717, 1.165) is 41.3 Å². The van der Waals surface area contributed by atoms with E-state index in [2.05, 4.69) is 33.0 Å². The molecule has 4 aliphatic rings. The highest BCUT2D eigenvalue weighted by atomic mass is 35.5. The molecule has 202 valence electrons. The lowest BCUT2D eigenvalue weighted by Crippen LogP contribution is -2.58. The first kappa shape index (κ1) is 27.0. The van der Waals surface area contributed by atoms with E-state index in [1.165, 1.54) is 25.7 Å². The van der Waals surface area contributed by atoms with Crippen molar-refractivity contribution in [1.29, 1.82) is 0 Å². The monoisotopic (exact) mass is 535 g/mol. The van der Waals surface area contributed by atoms with Crippen LogP contribution >= 0.6 is 22.9 Å². The Kier molecular flexibility index (Phi) is 7.62. The summed E-state index contributed by atoms with van der Waals surface area (Å²) in [7, 11) is 0. The Hall–Kier alpha value is -0.620. The number of amides is 1. The number of aliphatic hydroxyl groups is 2. The molecule has 3 N–H and O–H groups in total. The summed E-state index contributed by atoms with van der Waals surface area (Å²) in [5, 5.41) is 25.1. The highest BCUT2D eigenvalue weighted by molar-refractivity contribution is 7.16. The summed E-state index contributed by atoms with van der Waals surface area (Å²) in [5.74, 6) is 2.94. The molecule has 36 heavy (non-hydrogen) atoms. The minimum atomic E-state index is -0.247. The van der Waals surface area contributed by atoms with Crippen LogP contribution in [0.1, 0.15) is 103 Å². The van der Waals surface area contributed by atoms with Crippen LogP contribution < -0.4 is 5.32 Å². The van der Waals surface area contributed by atoms with Crippen molar-refractivity contribution >= 4 is 28.8 Å². The number of halogens is 1. The summed E-state index contributed by atoms with van der Waals surface area (Å²) < 4.78 is 0.765. The molecule has 11 atom stereocenters. The number of hydrogen-bond acceptors (Lipinski definition) is 4. The van der Waals surface area contributed by atoms with Crippen LogP contribution in [-0.4, -0.2) is 28.3 Å². The van der Waals surface area contributed by atoms with Gasteiger partial charge in [-0.3, -0.25) is 4.79 Å². The van der Waals surface area contributed by atoms with Gasteiger partial charge in [0.25, 0.3) is 0 Å². The van der Waals surface area contributed by atoms with Crippen LogP contribution in [0.25, 0.3) is 0 Å². The molecule has 0 aliphatic heterocycles. The third-order valence-electron chi connectivity index (χ3n) is 11.6. The van der Waals surface area contributed by atoms with Crippen molar-refractivity contribution in [1.82, 2.24) is 5.32 Å². The van der Waals surface area contributed by atoms with Gasteiger partial charge in [-0.05, 0) is 116 Å². The van der Waals surface area contributed by atoms with Gasteiger partial charge in [0.05, 0.1) is 22.6 Å². The van der Waals surface area contributed by atoms with Crippen molar-refractivity contribution in [2.75, 3.05) is 0 Å². The fraction of sp³-hybridized carbons (Fsp3) is 0.833. The van der Waals surface area contributed by atoms with Gasteiger partial charge in [-0.2, -0.15) is 0 Å². The number of fused-ring (bicyclic) bond motifs is 5. The molecular formula is C30H46ClNO3S. The van der Waals surface area contributed by atoms with Crippen molar-refractivity contribution in [3.63, 3.8) is 0 Å². The molecule has 0 bridgehead atoms. The quantitative estimate of drug-likeness (QED) is 0.368. The fourth-order valence-corrected chi connectivity index (χ4v) is 10.9. The van der Waals surface area contributed by atoms with Crippen LogP contribution in [0.2, 0.25) is 4.34 Å². The van der Waals surface area contributed by atoms with Crippen LogP contribution in [0.5, 0.6) is 0 Å². The van der Waals surface area contributed by atoms with Crippen molar-refractivity contribution in [2.45, 2.75) is 110 Å². The number of thiophene rings is 1. The normalized spacial score (nSPS) is 43.7. The van der Waals surface area contributed by atoms with Gasteiger partial charge >= 0.3 is 0 Å². The number of carbonyl (C=O) groups excluding carboxylic acids is 1. The number of hydrogen-bond donors (Lipinski definition) is 3. The Morgan fingerprint density at radius 1 is 1.11 bits per heavy atom. The van der Waals surface area contributed by atoms with E-state index in [0.29, 0.717) is 41.9 Å². The van der Waals surface area contributed by atoms with Crippen LogP contribution in [0.4, 0.5) is 0 Å². The Labute approximate surface area is 226 Å². The molecule has 0 aromatic carbocycles. The van der Waals surface area contributed by atoms with Gasteiger partial charge in [-0.25, -0.2) is 0 Å². The number of carbonyl (C=O) groups is 1. The minimum Gasteiger partial charge on any atom is -0.393 e. The Bertz CT molecular complexity index is 952. The smallest absolute Gasteiger partial charge is 0.220 e. The minimum absolute atomic E-state index is 0.0321. The van der Waals surface area contributed by atoms with E-state index in [1.54, 1.807) is 11.3 Å². The maximum atomic E-state index is 13.1. The lowest BCUT2D eigenvalue weighted by atomic mass is 9.43. The number of nitrogens with one attached hydrogen (secondary N) is 1. The molecule has 1 heterocycles. The molecule has 4 aliphatic carbocycles. The van der Waals surface area contributed by atoms with E-state index in [4.69, 9.17) is 11.6 Å². The molecule has 0 radical (unpaired) electrons. The highest BCUT2D eigenvalue weighted by Crippen LogP contribution is 2.68. The SMILES string of the molecule is CC[C@@H](NC(=O)C[C@@H](C)C1CC[C@H]2[C@@H]3[C@@H](O)C[C@@H]4C[C@H](O)CC[C@]4(C)[C@H]3CC[C@]12C)c1ccc(Cl)s1. The molecule has 1 amide bonds. The van der Waals surface area contributed by atoms with Gasteiger partial charge in [0, 0.05) is 11.3 Å². The Morgan fingerprint density at radius 3 is 2.53 bits per heavy atom. The summed E-state index contributed by atoms with van der Waals surface area (Å²) in [6, 6.07) is 3.97. The van der Waals surface area contributed by atoms with E-state index >= 15 is 0 Å². The van der Waals surface area contributed by atoms with Gasteiger partial charge in [-0.1, -0.05) is 39.3 Å². The second-order valence-electron chi connectivity index (χ2n) is 13.3. The predicted octanol–water partition coefficient (Wildman–Crippen LogP) is 6.99. The van der Waals surface area contributed by atoms with Crippen LogP contribution in [0.3, 0.4) is 0 Å². The predicted molar refractivity (Wildman–Crippen MR) is 147 cm³/mol. The summed E-state index contributed by atoms with van der Waals surface area (Å²) in [6.07, 6.45) is 9.47. The second-order valence-corrected chi connectivity index (χ2v) is 15.1. The van der Waals surface area contributed by atoms with Crippen molar-refractivity contribution in [3.8, 4) is 0 Å². The second kappa shape index (κ2) is 10.2. The summed E-state index contributed by atoms with van der Waals surface area (Å²) in [6.45, 7) is 9.34. The van der Waals surface area contributed by atoms with Crippen LogP contribution in [0.15, 0.2) is 12.1 Å². The summed E-state index contributed by atoms with van der Waals surface area (Å²) >= 11 is 7.69. The average molecular weight is 536 g/mol. The van der Waals surface area contributed by atoms with Crippen molar-refractivity contribution in [2.24, 2.45) is 46.3 Å². The first-order valence-corrected chi connectivity index (χ1v) is 15.7. The van der Waals surface area contributed by atoms with Crippen LogP contribution in [-0.2, 0) is 4.79 Å². The lowest BCUT2D eigenvalue weighted by molar-refractivity contribution is -0.174. The molecule has 1 aromatic heterocycles. The number of aliphatic hydroxyl groups excluding tert-OH is 2. The van der Waals surface area contributed by atoms with E-state index in [9.17, 15) is 15.0 Å². The van der Waals surface area contributed by atoms with Crippen LogP contribution in [0, 0.1) is 46.3 Å². The molecule has 4 fully saturated rings. The zero-order chi connectivity index (χ0) is 25.8. The van der Waals surface area contributed by atoms with Crippen molar-refractivity contribution in [3.05, 3.63) is 21.3 Å². The van der Waals surface area contributed by atoms with E-state index in [1.807, 2.05) is 12.1 Å². The van der Waals surface area contributed by atoms with E-state index < -0.39 is 0 Å². The molecule has 4 saturated carbocycles. The van der Waals surface area contributed by atoms with Gasteiger partial charge in [0.15, 0.2) is 0 Å². The average Bonchev–Trinajstić information content (AvgIpc) is 3.41. The van der Waals surface area contributed by atoms with Gasteiger partial charge in [-0.15, -0.1) is 11.3 Å². The maximum absolute atomic E-state index is 13.1.